The van der Waals surface area contributed by atoms with Crippen molar-refractivity contribution in [3.05, 3.63) is 28.8 Å². The van der Waals surface area contributed by atoms with E-state index in [2.05, 4.69) is 6.07 Å². The second kappa shape index (κ2) is 4.15. The summed E-state index contributed by atoms with van der Waals surface area (Å²) >= 11 is 0. The minimum absolute atomic E-state index is 0.100. The molecule has 0 saturated heterocycles. The molecule has 0 N–H and O–H groups in total. The zero-order valence-corrected chi connectivity index (χ0v) is 9.09. The average molecular weight is 189 g/mol. The Labute approximate surface area is 85.1 Å². The lowest BCUT2D eigenvalue weighted by Gasteiger charge is -2.13. The molecule has 0 atom stereocenters. The first-order valence-corrected chi connectivity index (χ1v) is 4.72. The van der Waals surface area contributed by atoms with Crippen molar-refractivity contribution in [1.29, 1.82) is 5.26 Å². The van der Waals surface area contributed by atoms with Gasteiger partial charge in [-0.3, -0.25) is 0 Å². The van der Waals surface area contributed by atoms with Crippen LogP contribution < -0.4 is 4.74 Å². The Morgan fingerprint density at radius 2 is 1.93 bits per heavy atom. The smallest absolute Gasteiger partial charge is 0.137 e. The van der Waals surface area contributed by atoms with Crippen molar-refractivity contribution in [2.24, 2.45) is 0 Å². The Morgan fingerprint density at radius 3 is 2.43 bits per heavy atom. The third-order valence-electron chi connectivity index (χ3n) is 1.92. The first kappa shape index (κ1) is 10.6. The zero-order valence-electron chi connectivity index (χ0n) is 9.09. The number of nitrogens with zero attached hydrogens (tertiary/aromatic N) is 1. The van der Waals surface area contributed by atoms with Gasteiger partial charge in [0.15, 0.2) is 0 Å². The van der Waals surface area contributed by atoms with Gasteiger partial charge in [-0.1, -0.05) is 6.07 Å². The number of nitriles is 1. The molecule has 0 aliphatic heterocycles. The second-order valence-electron chi connectivity index (χ2n) is 3.73. The standard InChI is InChI=1S/C12H15NO/c1-8(2)14-12-6-9(3)5-10(4)11(12)7-13/h5-6,8H,1-4H3. The maximum Gasteiger partial charge on any atom is 0.137 e. The predicted molar refractivity (Wildman–Crippen MR) is 56.4 cm³/mol. The summed E-state index contributed by atoms with van der Waals surface area (Å²) in [6, 6.07) is 6.07. The predicted octanol–water partition coefficient (Wildman–Crippen LogP) is 2.96. The Balaban J connectivity index is 3.20. The maximum atomic E-state index is 8.97. The number of hydrogen-bond acceptors (Lipinski definition) is 2. The van der Waals surface area contributed by atoms with E-state index in [1.807, 2.05) is 39.8 Å². The van der Waals surface area contributed by atoms with Crippen LogP contribution in [0.25, 0.3) is 0 Å². The number of aryl methyl sites for hydroxylation is 2. The molecule has 0 amide bonds. The molecule has 0 unspecified atom stereocenters. The zero-order chi connectivity index (χ0) is 10.7. The normalized spacial score (nSPS) is 10.0. The quantitative estimate of drug-likeness (QED) is 0.716. The average Bonchev–Trinajstić information content (AvgIpc) is 2.01. The van der Waals surface area contributed by atoms with E-state index in [9.17, 15) is 0 Å². The molecule has 74 valence electrons. The molecule has 0 fully saturated rings. The summed E-state index contributed by atoms with van der Waals surface area (Å²) in [5.41, 5.74) is 2.74. The fourth-order valence-corrected chi connectivity index (χ4v) is 1.42. The Bertz CT molecular complexity index is 375. The molecule has 2 nitrogen and oxygen atoms in total. The SMILES string of the molecule is Cc1cc(C)c(C#N)c(OC(C)C)c1. The molecule has 0 saturated carbocycles. The second-order valence-corrected chi connectivity index (χ2v) is 3.73. The van der Waals surface area contributed by atoms with Gasteiger partial charge in [-0.2, -0.15) is 5.26 Å². The molecular formula is C12H15NO. The van der Waals surface area contributed by atoms with Gasteiger partial charge in [0, 0.05) is 0 Å². The van der Waals surface area contributed by atoms with Crippen molar-refractivity contribution in [3.8, 4) is 11.8 Å². The molecule has 1 rings (SSSR count). The van der Waals surface area contributed by atoms with Gasteiger partial charge in [0.1, 0.15) is 11.8 Å². The fraction of sp³-hybridized carbons (Fsp3) is 0.417. The summed E-state index contributed by atoms with van der Waals surface area (Å²) in [5, 5.41) is 8.97. The van der Waals surface area contributed by atoms with Crippen LogP contribution in [-0.2, 0) is 0 Å². The highest BCUT2D eigenvalue weighted by atomic mass is 16.5. The summed E-state index contributed by atoms with van der Waals surface area (Å²) in [6.45, 7) is 7.84. The molecule has 0 aliphatic rings. The third-order valence-corrected chi connectivity index (χ3v) is 1.92. The van der Waals surface area contributed by atoms with Crippen molar-refractivity contribution in [1.82, 2.24) is 0 Å². The largest absolute Gasteiger partial charge is 0.490 e. The number of hydrogen-bond donors (Lipinski definition) is 0. The molecule has 0 aromatic heterocycles. The van der Waals surface area contributed by atoms with E-state index < -0.39 is 0 Å². The minimum Gasteiger partial charge on any atom is -0.490 e. The lowest BCUT2D eigenvalue weighted by Crippen LogP contribution is -2.07. The monoisotopic (exact) mass is 189 g/mol. The van der Waals surface area contributed by atoms with Gasteiger partial charge in [-0.25, -0.2) is 0 Å². The van der Waals surface area contributed by atoms with Crippen LogP contribution >= 0.6 is 0 Å². The van der Waals surface area contributed by atoms with Crippen LogP contribution in [0.3, 0.4) is 0 Å². The third kappa shape index (κ3) is 2.26. The van der Waals surface area contributed by atoms with Crippen molar-refractivity contribution >= 4 is 0 Å². The van der Waals surface area contributed by atoms with E-state index >= 15 is 0 Å². The van der Waals surface area contributed by atoms with Crippen LogP contribution in [0.4, 0.5) is 0 Å². The highest BCUT2D eigenvalue weighted by Gasteiger charge is 2.08. The summed E-state index contributed by atoms with van der Waals surface area (Å²) < 4.78 is 5.58. The van der Waals surface area contributed by atoms with E-state index in [-0.39, 0.29) is 6.10 Å². The number of ether oxygens (including phenoxy) is 1. The van der Waals surface area contributed by atoms with E-state index in [0.29, 0.717) is 11.3 Å². The van der Waals surface area contributed by atoms with Gasteiger partial charge in [0.25, 0.3) is 0 Å². The Hall–Kier alpha value is -1.49. The van der Waals surface area contributed by atoms with Crippen LogP contribution in [0.1, 0.15) is 30.5 Å². The van der Waals surface area contributed by atoms with Crippen molar-refractivity contribution < 1.29 is 4.74 Å². The van der Waals surface area contributed by atoms with Gasteiger partial charge in [-0.15, -0.1) is 0 Å². The molecule has 0 radical (unpaired) electrons. The van der Waals surface area contributed by atoms with Crippen LogP contribution in [0.2, 0.25) is 0 Å². The molecule has 2 heteroatoms. The molecular weight excluding hydrogens is 174 g/mol. The van der Waals surface area contributed by atoms with Crippen molar-refractivity contribution in [2.75, 3.05) is 0 Å². The topological polar surface area (TPSA) is 33.0 Å². The maximum absolute atomic E-state index is 8.97. The van der Waals surface area contributed by atoms with Gasteiger partial charge in [0.05, 0.1) is 11.7 Å². The van der Waals surface area contributed by atoms with E-state index in [1.54, 1.807) is 0 Å². The molecule has 0 heterocycles. The lowest BCUT2D eigenvalue weighted by atomic mass is 10.1. The van der Waals surface area contributed by atoms with Crippen molar-refractivity contribution in [3.63, 3.8) is 0 Å². The summed E-state index contributed by atoms with van der Waals surface area (Å²) in [6.07, 6.45) is 0.100. The number of rotatable bonds is 2. The van der Waals surface area contributed by atoms with Crippen LogP contribution in [-0.4, -0.2) is 6.10 Å². The van der Waals surface area contributed by atoms with E-state index in [1.165, 1.54) is 0 Å². The van der Waals surface area contributed by atoms with Crippen LogP contribution in [0.15, 0.2) is 12.1 Å². The molecule has 0 bridgehead atoms. The van der Waals surface area contributed by atoms with Gasteiger partial charge in [0.2, 0.25) is 0 Å². The van der Waals surface area contributed by atoms with Crippen molar-refractivity contribution in [2.45, 2.75) is 33.8 Å². The highest BCUT2D eigenvalue weighted by Crippen LogP contribution is 2.24. The van der Waals surface area contributed by atoms with E-state index in [4.69, 9.17) is 10.00 Å². The highest BCUT2D eigenvalue weighted by molar-refractivity contribution is 5.50. The van der Waals surface area contributed by atoms with Gasteiger partial charge < -0.3 is 4.74 Å². The minimum atomic E-state index is 0.100. The Morgan fingerprint density at radius 1 is 1.29 bits per heavy atom. The number of benzene rings is 1. The van der Waals surface area contributed by atoms with Crippen LogP contribution in [0, 0.1) is 25.2 Å². The van der Waals surface area contributed by atoms with Gasteiger partial charge in [-0.05, 0) is 44.9 Å². The van der Waals surface area contributed by atoms with Crippen LogP contribution in [0.5, 0.6) is 5.75 Å². The summed E-state index contributed by atoms with van der Waals surface area (Å²) in [7, 11) is 0. The molecule has 1 aromatic carbocycles. The summed E-state index contributed by atoms with van der Waals surface area (Å²) in [5.74, 6) is 0.694. The summed E-state index contributed by atoms with van der Waals surface area (Å²) in [4.78, 5) is 0. The van der Waals surface area contributed by atoms with Gasteiger partial charge >= 0.3 is 0 Å². The first-order valence-electron chi connectivity index (χ1n) is 4.72. The molecule has 0 aliphatic carbocycles. The fourth-order valence-electron chi connectivity index (χ4n) is 1.42. The molecule has 1 aromatic rings. The first-order chi connectivity index (χ1) is 6.54. The molecule has 0 spiro atoms. The van der Waals surface area contributed by atoms with E-state index in [0.717, 1.165) is 11.1 Å². The molecule has 14 heavy (non-hydrogen) atoms. The lowest BCUT2D eigenvalue weighted by molar-refractivity contribution is 0.241. The Kier molecular flexibility index (Phi) is 3.14.